The fourth-order valence-corrected chi connectivity index (χ4v) is 3.20. The van der Waals surface area contributed by atoms with Crippen LogP contribution < -0.4 is 11.1 Å². The molecule has 24 heavy (non-hydrogen) atoms. The van der Waals surface area contributed by atoms with Crippen LogP contribution in [0.25, 0.3) is 0 Å². The molecule has 0 saturated carbocycles. The Hall–Kier alpha value is -2.68. The highest BCUT2D eigenvalue weighted by atomic mass is 32.2. The fraction of sp³-hybridized carbons (Fsp3) is 0.267. The van der Waals surface area contributed by atoms with Crippen molar-refractivity contribution < 1.29 is 17.9 Å². The second-order valence-electron chi connectivity index (χ2n) is 4.96. The van der Waals surface area contributed by atoms with E-state index in [-0.39, 0.29) is 11.5 Å². The number of benzene rings is 1. The van der Waals surface area contributed by atoms with Crippen LogP contribution in [-0.2, 0) is 26.1 Å². The zero-order chi connectivity index (χ0) is 17.9. The molecule has 128 valence electrons. The lowest BCUT2D eigenvalue weighted by molar-refractivity contribution is -0.143. The van der Waals surface area contributed by atoms with Crippen molar-refractivity contribution >= 4 is 16.0 Å². The van der Waals surface area contributed by atoms with Gasteiger partial charge in [-0.15, -0.1) is 0 Å². The molecule has 8 nitrogen and oxygen atoms in total. The number of hydrogen-bond donors (Lipinski definition) is 0. The summed E-state index contributed by atoms with van der Waals surface area (Å²) in [5.74, 6) is -0.696. The smallest absolute Gasteiger partial charge is 0.330 e. The van der Waals surface area contributed by atoms with Crippen LogP contribution in [0, 0.1) is 6.92 Å². The van der Waals surface area contributed by atoms with Crippen molar-refractivity contribution in [1.82, 2.24) is 8.54 Å². The number of hydrogen-bond acceptors (Lipinski definition) is 6. The first-order chi connectivity index (χ1) is 11.3. The Morgan fingerprint density at radius 1 is 1.08 bits per heavy atom. The van der Waals surface area contributed by atoms with Gasteiger partial charge in [0.2, 0.25) is 0 Å². The molecule has 0 unspecified atom stereocenters. The van der Waals surface area contributed by atoms with Gasteiger partial charge in [0.25, 0.3) is 10.0 Å². The number of nitrogens with zero attached hydrogens (tertiary/aromatic N) is 2. The van der Waals surface area contributed by atoms with Crippen LogP contribution in [0.5, 0.6) is 0 Å². The topological polar surface area (TPSA) is 104 Å². The molecule has 0 spiro atoms. The lowest BCUT2D eigenvalue weighted by Crippen LogP contribution is -2.43. The van der Waals surface area contributed by atoms with E-state index in [0.717, 1.165) is 22.5 Å². The summed E-state index contributed by atoms with van der Waals surface area (Å²) < 4.78 is 30.8. The molecule has 0 aliphatic carbocycles. The van der Waals surface area contributed by atoms with Crippen LogP contribution in [0.3, 0.4) is 0 Å². The predicted octanol–water partition coefficient (Wildman–Crippen LogP) is 0.119. The number of rotatable bonds is 5. The van der Waals surface area contributed by atoms with Crippen LogP contribution in [0.2, 0.25) is 0 Å². The van der Waals surface area contributed by atoms with Crippen LogP contribution in [-0.4, -0.2) is 29.5 Å². The van der Waals surface area contributed by atoms with E-state index in [1.807, 2.05) is 0 Å². The summed E-state index contributed by atoms with van der Waals surface area (Å²) >= 11 is 0. The SMILES string of the molecule is CCOC(=O)Cn1ccn(S(=O)(=O)c2ccc(C)cc2)c(=O)c1=O. The summed E-state index contributed by atoms with van der Waals surface area (Å²) in [7, 11) is -4.19. The summed E-state index contributed by atoms with van der Waals surface area (Å²) in [6.45, 7) is 3.06. The Kier molecular flexibility index (Phi) is 5.03. The van der Waals surface area contributed by atoms with E-state index < -0.39 is 33.7 Å². The van der Waals surface area contributed by atoms with Gasteiger partial charge < -0.3 is 4.74 Å². The molecule has 0 aliphatic heterocycles. The maximum atomic E-state index is 12.5. The molecule has 1 aromatic heterocycles. The zero-order valence-electron chi connectivity index (χ0n) is 13.1. The summed E-state index contributed by atoms with van der Waals surface area (Å²) in [5.41, 5.74) is -1.53. The van der Waals surface area contributed by atoms with E-state index in [2.05, 4.69) is 0 Å². The standard InChI is InChI=1S/C15H16N2O6S/c1-3-23-13(18)10-16-8-9-17(15(20)14(16)19)24(21,22)12-6-4-11(2)5-7-12/h4-9H,3,10H2,1-2H3. The third-order valence-corrected chi connectivity index (χ3v) is 4.88. The number of aryl methyl sites for hydroxylation is 1. The lowest BCUT2D eigenvalue weighted by atomic mass is 10.2. The highest BCUT2D eigenvalue weighted by Gasteiger charge is 2.20. The molecule has 2 aromatic rings. The third-order valence-electron chi connectivity index (χ3n) is 3.21. The van der Waals surface area contributed by atoms with Gasteiger partial charge in [-0.3, -0.25) is 19.0 Å². The van der Waals surface area contributed by atoms with Crippen molar-refractivity contribution in [3.05, 3.63) is 62.9 Å². The Labute approximate surface area is 138 Å². The van der Waals surface area contributed by atoms with E-state index in [9.17, 15) is 22.8 Å². The van der Waals surface area contributed by atoms with Crippen LogP contribution in [0.1, 0.15) is 12.5 Å². The molecule has 9 heteroatoms. The molecule has 0 radical (unpaired) electrons. The number of esters is 1. The van der Waals surface area contributed by atoms with Gasteiger partial charge in [-0.2, -0.15) is 0 Å². The van der Waals surface area contributed by atoms with Gasteiger partial charge in [-0.1, -0.05) is 17.7 Å². The van der Waals surface area contributed by atoms with Crippen LogP contribution in [0.15, 0.2) is 51.1 Å². The average Bonchev–Trinajstić information content (AvgIpc) is 2.52. The van der Waals surface area contributed by atoms with Gasteiger partial charge >= 0.3 is 17.1 Å². The van der Waals surface area contributed by atoms with Crippen molar-refractivity contribution in [2.75, 3.05) is 6.61 Å². The van der Waals surface area contributed by atoms with E-state index in [4.69, 9.17) is 4.74 Å². The van der Waals surface area contributed by atoms with Crippen molar-refractivity contribution in [3.63, 3.8) is 0 Å². The normalized spacial score (nSPS) is 11.2. The molecule has 2 rings (SSSR count). The van der Waals surface area contributed by atoms with Gasteiger partial charge in [0, 0.05) is 12.4 Å². The molecule has 0 saturated heterocycles. The quantitative estimate of drug-likeness (QED) is 0.559. The van der Waals surface area contributed by atoms with Crippen molar-refractivity contribution in [2.45, 2.75) is 25.3 Å². The van der Waals surface area contributed by atoms with Crippen LogP contribution >= 0.6 is 0 Å². The maximum Gasteiger partial charge on any atom is 0.330 e. The van der Waals surface area contributed by atoms with Crippen molar-refractivity contribution in [3.8, 4) is 0 Å². The largest absolute Gasteiger partial charge is 0.465 e. The van der Waals surface area contributed by atoms with E-state index in [1.165, 1.54) is 12.1 Å². The van der Waals surface area contributed by atoms with E-state index in [0.29, 0.717) is 3.97 Å². The minimum atomic E-state index is -4.19. The fourth-order valence-electron chi connectivity index (χ4n) is 1.98. The second kappa shape index (κ2) is 6.83. The second-order valence-corrected chi connectivity index (χ2v) is 6.77. The summed E-state index contributed by atoms with van der Waals surface area (Å²) in [6.07, 6.45) is 2.00. The molecule has 1 aromatic carbocycles. The van der Waals surface area contributed by atoms with Gasteiger partial charge in [-0.05, 0) is 26.0 Å². The molecule has 1 heterocycles. The van der Waals surface area contributed by atoms with E-state index in [1.54, 1.807) is 26.0 Å². The molecule has 0 N–H and O–H groups in total. The van der Waals surface area contributed by atoms with Gasteiger partial charge in [0.1, 0.15) is 6.54 Å². The number of aromatic nitrogens is 2. The molecule has 0 fully saturated rings. The highest BCUT2D eigenvalue weighted by Crippen LogP contribution is 2.12. The monoisotopic (exact) mass is 352 g/mol. The Morgan fingerprint density at radius 3 is 2.29 bits per heavy atom. The average molecular weight is 352 g/mol. The molecular weight excluding hydrogens is 336 g/mol. The first-order valence-electron chi connectivity index (χ1n) is 7.07. The summed E-state index contributed by atoms with van der Waals surface area (Å²) in [5, 5.41) is 0. The molecule has 0 amide bonds. The van der Waals surface area contributed by atoms with Gasteiger partial charge in [-0.25, -0.2) is 12.4 Å². The Morgan fingerprint density at radius 2 is 1.71 bits per heavy atom. The minimum Gasteiger partial charge on any atom is -0.465 e. The summed E-state index contributed by atoms with van der Waals surface area (Å²) in [6, 6.07) is 5.86. The minimum absolute atomic E-state index is 0.113. The van der Waals surface area contributed by atoms with Gasteiger partial charge in [0.15, 0.2) is 0 Å². The number of carbonyl (C=O) groups is 1. The highest BCUT2D eigenvalue weighted by molar-refractivity contribution is 7.90. The van der Waals surface area contributed by atoms with Crippen molar-refractivity contribution in [1.29, 1.82) is 0 Å². The first-order valence-corrected chi connectivity index (χ1v) is 8.51. The van der Waals surface area contributed by atoms with Crippen LogP contribution in [0.4, 0.5) is 0 Å². The predicted molar refractivity (Wildman–Crippen MR) is 85.4 cm³/mol. The maximum absolute atomic E-state index is 12.5. The Bertz CT molecular complexity index is 970. The molecular formula is C15H16N2O6S. The third kappa shape index (κ3) is 3.46. The van der Waals surface area contributed by atoms with Gasteiger partial charge in [0.05, 0.1) is 11.5 Å². The van der Waals surface area contributed by atoms with E-state index >= 15 is 0 Å². The number of ether oxygens (including phenoxy) is 1. The Balaban J connectivity index is 2.48. The van der Waals surface area contributed by atoms with Crippen molar-refractivity contribution in [2.24, 2.45) is 0 Å². The molecule has 0 atom stereocenters. The number of carbonyl (C=O) groups excluding carboxylic acids is 1. The molecule has 0 bridgehead atoms. The molecule has 0 aliphatic rings. The summed E-state index contributed by atoms with van der Waals surface area (Å²) in [4.78, 5) is 35.4. The first kappa shape index (κ1) is 17.7. The lowest BCUT2D eigenvalue weighted by Gasteiger charge is -2.09. The zero-order valence-corrected chi connectivity index (χ0v) is 13.9.